The molecule has 0 aromatic carbocycles. The summed E-state index contributed by atoms with van der Waals surface area (Å²) >= 11 is 0. The first-order valence-electron chi connectivity index (χ1n) is 12.6. The zero-order valence-electron chi connectivity index (χ0n) is 20.9. The molecule has 2 aliphatic rings. The van der Waals surface area contributed by atoms with Crippen LogP contribution in [0.5, 0.6) is 0 Å². The number of rotatable bonds is 13. The number of nitrogens with zero attached hydrogens (tertiary/aromatic N) is 2. The predicted molar refractivity (Wildman–Crippen MR) is 130 cm³/mol. The van der Waals surface area contributed by atoms with Gasteiger partial charge >= 0.3 is 12.0 Å². The van der Waals surface area contributed by atoms with E-state index in [0.717, 1.165) is 45.1 Å². The monoisotopic (exact) mass is 495 g/mol. The topological polar surface area (TPSA) is 170 Å². The Morgan fingerprint density at radius 2 is 1.91 bits per heavy atom. The molecule has 0 spiro atoms. The fourth-order valence-corrected chi connectivity index (χ4v) is 4.07. The van der Waals surface area contributed by atoms with Crippen molar-refractivity contribution >= 4 is 29.8 Å². The van der Waals surface area contributed by atoms with E-state index in [2.05, 4.69) is 16.0 Å². The molecule has 0 radical (unpaired) electrons. The van der Waals surface area contributed by atoms with Gasteiger partial charge in [0.15, 0.2) is 5.96 Å². The van der Waals surface area contributed by atoms with Crippen LogP contribution >= 0.6 is 0 Å². The van der Waals surface area contributed by atoms with E-state index in [4.69, 9.17) is 15.9 Å². The van der Waals surface area contributed by atoms with E-state index in [0.29, 0.717) is 19.6 Å². The van der Waals surface area contributed by atoms with Gasteiger partial charge in [-0.2, -0.15) is 0 Å². The van der Waals surface area contributed by atoms with Crippen LogP contribution in [0.3, 0.4) is 0 Å². The van der Waals surface area contributed by atoms with Crippen LogP contribution in [-0.2, 0) is 19.1 Å². The molecule has 6 N–H and O–H groups in total. The molecule has 12 heteroatoms. The van der Waals surface area contributed by atoms with Crippen LogP contribution < -0.4 is 21.7 Å². The number of ether oxygens (including phenoxy) is 1. The second-order valence-electron chi connectivity index (χ2n) is 9.16. The number of nitrogens with one attached hydrogen (secondary N) is 4. The van der Waals surface area contributed by atoms with E-state index in [1.807, 2.05) is 6.92 Å². The van der Waals surface area contributed by atoms with Gasteiger partial charge in [-0.15, -0.1) is 0 Å². The van der Waals surface area contributed by atoms with Crippen molar-refractivity contribution in [1.29, 1.82) is 5.41 Å². The highest BCUT2D eigenvalue weighted by Crippen LogP contribution is 2.27. The maximum Gasteiger partial charge on any atom is 0.325 e. The fourth-order valence-electron chi connectivity index (χ4n) is 4.07. The molecular formula is C23H41N7O5. The number of carbonyl (C=O) groups is 4. The van der Waals surface area contributed by atoms with Gasteiger partial charge in [-0.05, 0) is 44.9 Å². The third-order valence-electron chi connectivity index (χ3n) is 6.13. The number of piperidine rings is 1. The van der Waals surface area contributed by atoms with E-state index >= 15 is 0 Å². The maximum absolute atomic E-state index is 13.3. The van der Waals surface area contributed by atoms with Crippen molar-refractivity contribution in [1.82, 2.24) is 25.8 Å². The molecule has 0 unspecified atom stereocenters. The zero-order chi connectivity index (χ0) is 25.8. The zero-order valence-corrected chi connectivity index (χ0v) is 20.9. The molecule has 4 amide bonds. The highest BCUT2D eigenvalue weighted by molar-refractivity contribution is 5.93. The smallest absolute Gasteiger partial charge is 0.325 e. The molecule has 1 heterocycles. The highest BCUT2D eigenvalue weighted by atomic mass is 16.5. The van der Waals surface area contributed by atoms with Crippen molar-refractivity contribution < 1.29 is 23.9 Å². The first kappa shape index (κ1) is 28.2. The lowest BCUT2D eigenvalue weighted by Crippen LogP contribution is -2.54. The number of amides is 4. The van der Waals surface area contributed by atoms with Crippen LogP contribution in [0.2, 0.25) is 0 Å². The molecule has 12 nitrogen and oxygen atoms in total. The average Bonchev–Trinajstić information content (AvgIpc) is 3.66. The van der Waals surface area contributed by atoms with Gasteiger partial charge in [0.25, 0.3) is 0 Å². The van der Waals surface area contributed by atoms with Crippen molar-refractivity contribution in [3.63, 3.8) is 0 Å². The lowest BCUT2D eigenvalue weighted by molar-refractivity contribution is -0.150. The molecule has 0 aromatic rings. The van der Waals surface area contributed by atoms with E-state index < -0.39 is 23.9 Å². The lowest BCUT2D eigenvalue weighted by atomic mass is 9.98. The lowest BCUT2D eigenvalue weighted by Gasteiger charge is -2.33. The summed E-state index contributed by atoms with van der Waals surface area (Å²) in [6, 6.07) is -1.73. The Morgan fingerprint density at radius 1 is 1.17 bits per heavy atom. The highest BCUT2D eigenvalue weighted by Gasteiger charge is 2.38. The molecule has 2 rings (SSSR count). The van der Waals surface area contributed by atoms with Crippen molar-refractivity contribution in [2.45, 2.75) is 70.9 Å². The van der Waals surface area contributed by atoms with Crippen LogP contribution in [0.1, 0.15) is 58.8 Å². The Hall–Kier alpha value is -3.05. The van der Waals surface area contributed by atoms with Crippen molar-refractivity contribution in [2.75, 3.05) is 39.3 Å². The Labute approximate surface area is 207 Å². The molecule has 198 valence electrons. The standard InChI is InChI=1S/C23H41N7O5/c1-3-5-10-26-23(34)28-18(21(33)30(17-8-9-17)15-20(32)35-4-2)12-19(31)27-13-16-7-6-11-29(14-16)22(24)25/h16-18H,3-15H2,1-2H3,(H3,24,25)(H,27,31)(H2,26,28,34)/t16-,18-/m0/s1. The van der Waals surface area contributed by atoms with Gasteiger partial charge in [0.05, 0.1) is 13.0 Å². The minimum atomic E-state index is -1.10. The molecule has 1 saturated heterocycles. The molecule has 1 aliphatic carbocycles. The Kier molecular flexibility index (Phi) is 11.6. The van der Waals surface area contributed by atoms with Gasteiger partial charge < -0.3 is 36.2 Å². The predicted octanol–water partition coefficient (Wildman–Crippen LogP) is 0.120. The molecular weight excluding hydrogens is 454 g/mol. The van der Waals surface area contributed by atoms with Crippen LogP contribution in [0.4, 0.5) is 4.79 Å². The number of unbranched alkanes of at least 4 members (excludes halogenated alkanes) is 1. The number of guanidine groups is 1. The van der Waals surface area contributed by atoms with Gasteiger partial charge in [0.2, 0.25) is 11.8 Å². The quantitative estimate of drug-likeness (QED) is 0.105. The summed E-state index contributed by atoms with van der Waals surface area (Å²) in [5.74, 6) is -1.20. The van der Waals surface area contributed by atoms with E-state index in [1.165, 1.54) is 4.90 Å². The van der Waals surface area contributed by atoms with Crippen molar-refractivity contribution in [3.05, 3.63) is 0 Å². The van der Waals surface area contributed by atoms with Crippen LogP contribution in [-0.4, -0.2) is 91.0 Å². The first-order valence-corrected chi connectivity index (χ1v) is 12.6. The van der Waals surface area contributed by atoms with Crippen LogP contribution in [0, 0.1) is 11.3 Å². The third kappa shape index (κ3) is 9.99. The van der Waals surface area contributed by atoms with Gasteiger partial charge in [0, 0.05) is 32.2 Å². The molecule has 2 fully saturated rings. The Morgan fingerprint density at radius 3 is 2.54 bits per heavy atom. The van der Waals surface area contributed by atoms with Gasteiger partial charge in [-0.1, -0.05) is 13.3 Å². The van der Waals surface area contributed by atoms with Gasteiger partial charge in [0.1, 0.15) is 12.6 Å². The molecule has 2 atom stereocenters. The molecule has 0 bridgehead atoms. The average molecular weight is 496 g/mol. The largest absolute Gasteiger partial charge is 0.465 e. The number of likely N-dealkylation sites (tertiary alicyclic amines) is 1. The van der Waals surface area contributed by atoms with Gasteiger partial charge in [-0.3, -0.25) is 19.8 Å². The second-order valence-corrected chi connectivity index (χ2v) is 9.16. The number of esters is 1. The SMILES string of the molecule is CCCCNC(=O)N[C@@H](CC(=O)NC[C@@H]1CCCN(C(=N)N)C1)C(=O)N(CC(=O)OCC)C1CC1. The third-order valence-corrected chi connectivity index (χ3v) is 6.13. The maximum atomic E-state index is 13.3. The summed E-state index contributed by atoms with van der Waals surface area (Å²) in [5, 5.41) is 15.8. The Balaban J connectivity index is 2.00. The molecule has 1 saturated carbocycles. The molecule has 1 aliphatic heterocycles. The summed E-state index contributed by atoms with van der Waals surface area (Å²) in [4.78, 5) is 53.8. The minimum absolute atomic E-state index is 0.0201. The molecule has 0 aromatic heterocycles. The number of carbonyl (C=O) groups excluding carboxylic acids is 4. The minimum Gasteiger partial charge on any atom is -0.465 e. The number of hydrogen-bond donors (Lipinski definition) is 5. The normalized spacial score (nSPS) is 18.2. The number of nitrogens with two attached hydrogens (primary N) is 1. The van der Waals surface area contributed by atoms with Crippen molar-refractivity contribution in [2.24, 2.45) is 11.7 Å². The summed E-state index contributed by atoms with van der Waals surface area (Å²) in [6.45, 7) is 5.85. The summed E-state index contributed by atoms with van der Waals surface area (Å²) < 4.78 is 5.00. The van der Waals surface area contributed by atoms with Crippen molar-refractivity contribution in [3.8, 4) is 0 Å². The fraction of sp³-hybridized carbons (Fsp3) is 0.783. The number of urea groups is 1. The first-order chi connectivity index (χ1) is 16.7. The second kappa shape index (κ2) is 14.4. The summed E-state index contributed by atoms with van der Waals surface area (Å²) in [5.41, 5.74) is 5.59. The molecule has 35 heavy (non-hydrogen) atoms. The Bertz CT molecular complexity index is 759. The van der Waals surface area contributed by atoms with E-state index in [1.54, 1.807) is 11.8 Å². The van der Waals surface area contributed by atoms with E-state index in [-0.39, 0.29) is 43.4 Å². The van der Waals surface area contributed by atoms with E-state index in [9.17, 15) is 19.2 Å². The summed E-state index contributed by atoms with van der Waals surface area (Å²) in [7, 11) is 0. The van der Waals surface area contributed by atoms with Crippen LogP contribution in [0.15, 0.2) is 0 Å². The number of hydrogen-bond acceptors (Lipinski definition) is 6. The van der Waals surface area contributed by atoms with Gasteiger partial charge in [-0.25, -0.2) is 4.79 Å². The summed E-state index contributed by atoms with van der Waals surface area (Å²) in [6.07, 6.45) is 4.77. The van der Waals surface area contributed by atoms with Crippen LogP contribution in [0.25, 0.3) is 0 Å².